The molecule has 3 heterocycles. The second kappa shape index (κ2) is 8.33. The van der Waals surface area contributed by atoms with Crippen molar-refractivity contribution in [3.63, 3.8) is 0 Å². The molecule has 4 aromatic rings. The Morgan fingerprint density at radius 2 is 1.91 bits per heavy atom. The lowest BCUT2D eigenvalue weighted by Crippen LogP contribution is -2.64. The topological polar surface area (TPSA) is 63.6 Å². The summed E-state index contributed by atoms with van der Waals surface area (Å²) in [5.74, 6) is 0.327. The number of nitrogens with one attached hydrogen (secondary N) is 1. The molecular formula is C27H27N3O3S. The Morgan fingerprint density at radius 1 is 1.12 bits per heavy atom. The molecule has 6 nitrogen and oxygen atoms in total. The number of nitrogens with zero attached hydrogens (tertiary/aromatic N) is 2. The number of benzene rings is 2. The van der Waals surface area contributed by atoms with Crippen molar-refractivity contribution < 1.29 is 14.3 Å². The molecule has 0 fully saturated rings. The van der Waals surface area contributed by atoms with E-state index in [0.717, 1.165) is 32.6 Å². The largest absolute Gasteiger partial charge is 0.496 e. The number of ether oxygens (including phenoxy) is 1. The minimum absolute atomic E-state index is 0.173. The van der Waals surface area contributed by atoms with Crippen LogP contribution in [0.25, 0.3) is 10.2 Å². The summed E-state index contributed by atoms with van der Waals surface area (Å²) >= 11 is 1.58. The maximum Gasteiger partial charge on any atom is 0.275 e. The number of hydrogen-bond acceptors (Lipinski definition) is 4. The number of hydrogen-bond donors (Lipinski definition) is 1. The lowest BCUT2D eigenvalue weighted by molar-refractivity contribution is -0.126. The first-order valence-corrected chi connectivity index (χ1v) is 12.1. The highest BCUT2D eigenvalue weighted by molar-refractivity contribution is 7.16. The van der Waals surface area contributed by atoms with Crippen molar-refractivity contribution in [2.24, 2.45) is 0 Å². The van der Waals surface area contributed by atoms with Crippen LogP contribution in [0.5, 0.6) is 5.75 Å². The van der Waals surface area contributed by atoms with Crippen molar-refractivity contribution in [1.29, 1.82) is 0 Å². The van der Waals surface area contributed by atoms with E-state index in [1.807, 2.05) is 85.3 Å². The summed E-state index contributed by atoms with van der Waals surface area (Å²) in [6.07, 6.45) is 0. The predicted molar refractivity (Wildman–Crippen MR) is 136 cm³/mol. The molecule has 0 unspecified atom stereocenters. The highest BCUT2D eigenvalue weighted by Gasteiger charge is 2.48. The van der Waals surface area contributed by atoms with Crippen LogP contribution in [-0.4, -0.2) is 29.0 Å². The number of thiophene rings is 1. The third-order valence-electron chi connectivity index (χ3n) is 6.75. The van der Waals surface area contributed by atoms with E-state index in [4.69, 9.17) is 4.74 Å². The molecule has 0 aliphatic carbocycles. The van der Waals surface area contributed by atoms with Crippen molar-refractivity contribution in [3.8, 4) is 5.75 Å². The third-order valence-corrected chi connectivity index (χ3v) is 7.71. The maximum atomic E-state index is 13.9. The molecule has 174 valence electrons. The third kappa shape index (κ3) is 3.47. The highest BCUT2D eigenvalue weighted by atomic mass is 32.1. The lowest BCUT2D eigenvalue weighted by Gasteiger charge is -2.44. The first-order chi connectivity index (χ1) is 16.3. The van der Waals surface area contributed by atoms with E-state index < -0.39 is 5.54 Å². The van der Waals surface area contributed by atoms with Gasteiger partial charge in [0.1, 0.15) is 21.8 Å². The molecule has 1 atom stereocenters. The molecule has 0 spiro atoms. The quantitative estimate of drug-likeness (QED) is 0.441. The molecule has 2 amide bonds. The van der Waals surface area contributed by atoms with Gasteiger partial charge in [0.25, 0.3) is 5.91 Å². The highest BCUT2D eigenvalue weighted by Crippen LogP contribution is 2.38. The van der Waals surface area contributed by atoms with E-state index >= 15 is 0 Å². The fraction of sp³-hybridized carbons (Fsp3) is 0.259. The van der Waals surface area contributed by atoms with Gasteiger partial charge in [0.05, 0.1) is 13.7 Å². The summed E-state index contributed by atoms with van der Waals surface area (Å²) in [5, 5.41) is 6.10. The first-order valence-electron chi connectivity index (χ1n) is 11.2. The molecule has 0 bridgehead atoms. The summed E-state index contributed by atoms with van der Waals surface area (Å²) in [4.78, 5) is 30.4. The van der Waals surface area contributed by atoms with Gasteiger partial charge in [0, 0.05) is 23.2 Å². The molecule has 0 radical (unpaired) electrons. The lowest BCUT2D eigenvalue weighted by atomic mass is 9.93. The molecule has 1 N–H and O–H groups in total. The van der Waals surface area contributed by atoms with Gasteiger partial charge < -0.3 is 14.6 Å². The van der Waals surface area contributed by atoms with Crippen LogP contribution in [0.1, 0.15) is 34.1 Å². The van der Waals surface area contributed by atoms with Crippen LogP contribution < -0.4 is 15.0 Å². The van der Waals surface area contributed by atoms with Crippen LogP contribution >= 0.6 is 11.3 Å². The van der Waals surface area contributed by atoms with Crippen molar-refractivity contribution in [2.75, 3.05) is 12.0 Å². The molecule has 1 aliphatic heterocycles. The number of carbonyl (C=O) groups excluding carboxylic acids is 2. The summed E-state index contributed by atoms with van der Waals surface area (Å²) in [6.45, 7) is 6.57. The maximum absolute atomic E-state index is 13.9. The van der Waals surface area contributed by atoms with Crippen LogP contribution in [0, 0.1) is 13.8 Å². The van der Waals surface area contributed by atoms with Gasteiger partial charge in [-0.05, 0) is 67.6 Å². The predicted octanol–water partition coefficient (Wildman–Crippen LogP) is 5.06. The number of methoxy groups -OCH3 is 1. The Kier molecular flexibility index (Phi) is 5.44. The van der Waals surface area contributed by atoms with Crippen LogP contribution in [0.2, 0.25) is 0 Å². The SMILES string of the molecule is COc1ccccc1CNC(=O)[C@@]1(C)Cn2c(cc3ccsc32)C(=O)N1c1ccc(C)c(C)c1. The standard InChI is InChI=1S/C27H27N3O3S/c1-17-9-10-21(13-18(17)2)30-24(31)22-14-19-11-12-34-25(19)29(22)16-27(30,3)26(32)28-15-20-7-5-6-8-23(20)33-4/h5-14H,15-16H2,1-4H3,(H,28,32)/t27-/m1/s1. The number of aromatic nitrogens is 1. The Balaban J connectivity index is 1.57. The van der Waals surface area contributed by atoms with Gasteiger partial charge in [-0.3, -0.25) is 14.5 Å². The molecule has 1 aliphatic rings. The number of fused-ring (bicyclic) bond motifs is 3. The zero-order valence-corrected chi connectivity index (χ0v) is 20.5. The average Bonchev–Trinajstić information content (AvgIpc) is 3.42. The van der Waals surface area contributed by atoms with E-state index in [9.17, 15) is 9.59 Å². The van der Waals surface area contributed by atoms with E-state index in [-0.39, 0.29) is 11.8 Å². The van der Waals surface area contributed by atoms with Gasteiger partial charge in [-0.1, -0.05) is 24.3 Å². The average molecular weight is 474 g/mol. The molecule has 2 aromatic carbocycles. The number of para-hydroxylation sites is 1. The normalized spacial score (nSPS) is 17.6. The molecular weight excluding hydrogens is 446 g/mol. The number of rotatable bonds is 5. The summed E-state index contributed by atoms with van der Waals surface area (Å²) in [5.41, 5.74) is 3.30. The van der Waals surface area contributed by atoms with Gasteiger partial charge >= 0.3 is 0 Å². The van der Waals surface area contributed by atoms with Crippen molar-refractivity contribution >= 4 is 39.1 Å². The second-order valence-corrected chi connectivity index (χ2v) is 9.87. The fourth-order valence-corrected chi connectivity index (χ4v) is 5.58. The van der Waals surface area contributed by atoms with Gasteiger partial charge in [-0.25, -0.2) is 0 Å². The Hall–Kier alpha value is -3.58. The smallest absolute Gasteiger partial charge is 0.275 e. The second-order valence-electron chi connectivity index (χ2n) is 8.97. The Bertz CT molecular complexity index is 1420. The number of carbonyl (C=O) groups is 2. The number of aryl methyl sites for hydroxylation is 2. The van der Waals surface area contributed by atoms with Crippen LogP contribution in [-0.2, 0) is 17.9 Å². The molecule has 5 rings (SSSR count). The van der Waals surface area contributed by atoms with E-state index in [1.165, 1.54) is 0 Å². The Labute approximate surface area is 202 Å². The fourth-order valence-electron chi connectivity index (χ4n) is 4.68. The first kappa shape index (κ1) is 22.2. The minimum atomic E-state index is -1.12. The van der Waals surface area contributed by atoms with Crippen molar-refractivity contribution in [1.82, 2.24) is 9.88 Å². The molecule has 7 heteroatoms. The van der Waals surface area contributed by atoms with E-state index in [0.29, 0.717) is 24.5 Å². The van der Waals surface area contributed by atoms with Gasteiger partial charge in [0.2, 0.25) is 5.91 Å². The summed E-state index contributed by atoms with van der Waals surface area (Å²) < 4.78 is 7.43. The van der Waals surface area contributed by atoms with Gasteiger partial charge in [0.15, 0.2) is 0 Å². The van der Waals surface area contributed by atoms with Crippen LogP contribution in [0.15, 0.2) is 60.0 Å². The Morgan fingerprint density at radius 3 is 2.68 bits per heavy atom. The zero-order chi connectivity index (χ0) is 24.0. The van der Waals surface area contributed by atoms with E-state index in [1.54, 1.807) is 23.3 Å². The monoisotopic (exact) mass is 473 g/mol. The number of amides is 2. The molecule has 0 saturated heterocycles. The summed E-state index contributed by atoms with van der Waals surface area (Å²) in [6, 6.07) is 17.4. The van der Waals surface area contributed by atoms with Crippen molar-refractivity contribution in [2.45, 2.75) is 39.4 Å². The van der Waals surface area contributed by atoms with Crippen LogP contribution in [0.4, 0.5) is 5.69 Å². The molecule has 0 saturated carbocycles. The number of anilines is 1. The van der Waals surface area contributed by atoms with E-state index in [2.05, 4.69) is 5.32 Å². The molecule has 34 heavy (non-hydrogen) atoms. The van der Waals surface area contributed by atoms with Crippen molar-refractivity contribution in [3.05, 3.63) is 82.4 Å². The van der Waals surface area contributed by atoms with Gasteiger partial charge in [-0.2, -0.15) is 0 Å². The summed E-state index contributed by atoms with van der Waals surface area (Å²) in [7, 11) is 1.61. The zero-order valence-electron chi connectivity index (χ0n) is 19.7. The van der Waals surface area contributed by atoms with Gasteiger partial charge in [-0.15, -0.1) is 11.3 Å². The van der Waals surface area contributed by atoms with Crippen LogP contribution in [0.3, 0.4) is 0 Å². The minimum Gasteiger partial charge on any atom is -0.496 e. The molecule has 2 aromatic heterocycles.